The summed E-state index contributed by atoms with van der Waals surface area (Å²) in [6, 6.07) is 10.5. The van der Waals surface area contributed by atoms with E-state index in [-0.39, 0.29) is 23.8 Å². The van der Waals surface area contributed by atoms with Gasteiger partial charge in [-0.1, -0.05) is 12.1 Å². The molecule has 0 bridgehead atoms. The first kappa shape index (κ1) is 17.6. The van der Waals surface area contributed by atoms with Gasteiger partial charge in [0, 0.05) is 13.1 Å². The lowest BCUT2D eigenvalue weighted by atomic mass is 10.0. The molecule has 0 radical (unpaired) electrons. The van der Waals surface area contributed by atoms with Crippen molar-refractivity contribution in [3.63, 3.8) is 0 Å². The highest BCUT2D eigenvalue weighted by Gasteiger charge is 2.32. The number of methoxy groups -OCH3 is 1. The third-order valence-electron chi connectivity index (χ3n) is 3.94. The number of carbonyl (C=O) groups excluding carboxylic acids is 1. The summed E-state index contributed by atoms with van der Waals surface area (Å²) in [5.41, 5.74) is 1.90. The second kappa shape index (κ2) is 6.59. The summed E-state index contributed by atoms with van der Waals surface area (Å²) >= 11 is 0. The second-order valence-corrected chi connectivity index (χ2v) is 5.67. The minimum absolute atomic E-state index is 0.201. The predicted octanol–water partition coefficient (Wildman–Crippen LogP) is 3.62. The standard InChI is InChI=1S/C18H13F3N2O3/c1-25-15-6-12(8-22)16-13(7-15)10-23(17(16)24)9-11-2-4-14(5-3-11)26-18(19,20)21/h2-7H,9-10H2,1H3. The summed E-state index contributed by atoms with van der Waals surface area (Å²) in [5, 5.41) is 9.26. The Bertz CT molecular complexity index is 886. The van der Waals surface area contributed by atoms with Gasteiger partial charge in [0.25, 0.3) is 5.91 Å². The smallest absolute Gasteiger partial charge is 0.497 e. The van der Waals surface area contributed by atoms with Gasteiger partial charge in [-0.3, -0.25) is 4.79 Å². The second-order valence-electron chi connectivity index (χ2n) is 5.67. The highest BCUT2D eigenvalue weighted by molar-refractivity contribution is 6.00. The molecule has 1 amide bonds. The third-order valence-corrected chi connectivity index (χ3v) is 3.94. The molecule has 2 aromatic rings. The number of fused-ring (bicyclic) bond motifs is 1. The van der Waals surface area contributed by atoms with Crippen LogP contribution in [0.2, 0.25) is 0 Å². The van der Waals surface area contributed by atoms with Gasteiger partial charge in [-0.25, -0.2) is 0 Å². The van der Waals surface area contributed by atoms with E-state index in [1.807, 2.05) is 6.07 Å². The van der Waals surface area contributed by atoms with Crippen LogP contribution in [0.4, 0.5) is 13.2 Å². The fourth-order valence-electron chi connectivity index (χ4n) is 2.84. The van der Waals surface area contributed by atoms with Crippen LogP contribution in [0, 0.1) is 11.3 Å². The van der Waals surface area contributed by atoms with E-state index in [9.17, 15) is 23.2 Å². The first-order valence-corrected chi connectivity index (χ1v) is 7.55. The van der Waals surface area contributed by atoms with Gasteiger partial charge < -0.3 is 14.4 Å². The zero-order chi connectivity index (χ0) is 18.9. The SMILES string of the molecule is COc1cc(C#N)c2c(c1)CN(Cc1ccc(OC(F)(F)F)cc1)C2=O. The summed E-state index contributed by atoms with van der Waals surface area (Å²) in [7, 11) is 1.47. The molecule has 0 unspecified atom stereocenters. The van der Waals surface area contributed by atoms with Crippen molar-refractivity contribution in [2.75, 3.05) is 7.11 Å². The third kappa shape index (κ3) is 3.57. The maximum atomic E-state index is 12.6. The van der Waals surface area contributed by atoms with Crippen molar-refractivity contribution < 1.29 is 27.4 Å². The number of rotatable bonds is 4. The van der Waals surface area contributed by atoms with E-state index in [4.69, 9.17) is 4.74 Å². The molecule has 2 aromatic carbocycles. The van der Waals surface area contributed by atoms with Crippen LogP contribution in [-0.2, 0) is 13.1 Å². The fourth-order valence-corrected chi connectivity index (χ4v) is 2.84. The normalized spacial score (nSPS) is 13.3. The highest BCUT2D eigenvalue weighted by Crippen LogP contribution is 2.31. The first-order chi connectivity index (χ1) is 12.3. The van der Waals surface area contributed by atoms with Crippen molar-refractivity contribution in [1.82, 2.24) is 4.90 Å². The van der Waals surface area contributed by atoms with Crippen molar-refractivity contribution in [2.24, 2.45) is 0 Å². The number of hydrogen-bond acceptors (Lipinski definition) is 4. The number of ether oxygens (including phenoxy) is 2. The minimum atomic E-state index is -4.75. The number of halogens is 3. The molecule has 0 aliphatic carbocycles. The maximum absolute atomic E-state index is 12.6. The number of alkyl halides is 3. The van der Waals surface area contributed by atoms with Gasteiger partial charge in [0.05, 0.1) is 18.2 Å². The van der Waals surface area contributed by atoms with E-state index in [2.05, 4.69) is 4.74 Å². The van der Waals surface area contributed by atoms with Crippen molar-refractivity contribution in [1.29, 1.82) is 5.26 Å². The summed E-state index contributed by atoms with van der Waals surface area (Å²) in [6.45, 7) is 0.494. The van der Waals surface area contributed by atoms with Crippen LogP contribution in [0.3, 0.4) is 0 Å². The summed E-state index contributed by atoms with van der Waals surface area (Å²) < 4.78 is 45.5. The monoisotopic (exact) mass is 362 g/mol. The number of amides is 1. The molecular formula is C18H13F3N2O3. The molecule has 1 heterocycles. The van der Waals surface area contributed by atoms with E-state index < -0.39 is 6.36 Å². The molecule has 5 nitrogen and oxygen atoms in total. The molecule has 0 saturated carbocycles. The molecule has 0 saturated heterocycles. The van der Waals surface area contributed by atoms with Gasteiger partial charge in [-0.05, 0) is 35.4 Å². The Kier molecular flexibility index (Phi) is 4.47. The van der Waals surface area contributed by atoms with E-state index in [1.54, 1.807) is 6.07 Å². The first-order valence-electron chi connectivity index (χ1n) is 7.55. The predicted molar refractivity (Wildman–Crippen MR) is 84.4 cm³/mol. The maximum Gasteiger partial charge on any atom is 0.573 e. The molecule has 1 aliphatic heterocycles. The minimum Gasteiger partial charge on any atom is -0.497 e. The lowest BCUT2D eigenvalue weighted by Crippen LogP contribution is -2.23. The van der Waals surface area contributed by atoms with Gasteiger partial charge >= 0.3 is 6.36 Å². The zero-order valence-corrected chi connectivity index (χ0v) is 13.6. The van der Waals surface area contributed by atoms with Gasteiger partial charge in [0.1, 0.15) is 17.6 Å². The zero-order valence-electron chi connectivity index (χ0n) is 13.6. The van der Waals surface area contributed by atoms with Crippen molar-refractivity contribution in [3.05, 3.63) is 58.7 Å². The van der Waals surface area contributed by atoms with Gasteiger partial charge in [-0.2, -0.15) is 5.26 Å². The summed E-state index contributed by atoms with van der Waals surface area (Å²) in [4.78, 5) is 14.1. The molecule has 26 heavy (non-hydrogen) atoms. The van der Waals surface area contributed by atoms with Crippen LogP contribution in [0.25, 0.3) is 0 Å². The van der Waals surface area contributed by atoms with Crippen LogP contribution < -0.4 is 9.47 Å². The number of benzene rings is 2. The Morgan fingerprint density at radius 3 is 2.46 bits per heavy atom. The number of hydrogen-bond donors (Lipinski definition) is 0. The lowest BCUT2D eigenvalue weighted by Gasteiger charge is -2.16. The van der Waals surface area contributed by atoms with Crippen molar-refractivity contribution in [2.45, 2.75) is 19.5 Å². The Labute approximate surface area is 147 Å². The molecule has 3 rings (SSSR count). The molecule has 134 valence electrons. The topological polar surface area (TPSA) is 62.6 Å². The van der Waals surface area contributed by atoms with Gasteiger partial charge in [-0.15, -0.1) is 13.2 Å². The van der Waals surface area contributed by atoms with Gasteiger partial charge in [0.15, 0.2) is 0 Å². The Balaban J connectivity index is 1.78. The molecule has 0 atom stereocenters. The largest absolute Gasteiger partial charge is 0.573 e. The molecule has 8 heteroatoms. The molecule has 1 aliphatic rings. The van der Waals surface area contributed by atoms with Crippen LogP contribution in [0.15, 0.2) is 36.4 Å². The average Bonchev–Trinajstić information content (AvgIpc) is 2.90. The molecule has 0 N–H and O–H groups in total. The molecule has 0 fully saturated rings. The van der Waals surface area contributed by atoms with E-state index in [1.165, 1.54) is 42.3 Å². The highest BCUT2D eigenvalue weighted by atomic mass is 19.4. The Hall–Kier alpha value is -3.21. The molecule has 0 aromatic heterocycles. The van der Waals surface area contributed by atoms with Crippen LogP contribution in [0.5, 0.6) is 11.5 Å². The average molecular weight is 362 g/mol. The lowest BCUT2D eigenvalue weighted by molar-refractivity contribution is -0.274. The quantitative estimate of drug-likeness (QED) is 0.833. The Morgan fingerprint density at radius 1 is 1.19 bits per heavy atom. The summed E-state index contributed by atoms with van der Waals surface area (Å²) in [5.74, 6) is -0.132. The molecule has 0 spiro atoms. The van der Waals surface area contributed by atoms with Crippen molar-refractivity contribution in [3.8, 4) is 17.6 Å². The van der Waals surface area contributed by atoms with Crippen LogP contribution in [-0.4, -0.2) is 24.3 Å². The number of carbonyl (C=O) groups is 1. The Morgan fingerprint density at radius 2 is 1.88 bits per heavy atom. The van der Waals surface area contributed by atoms with E-state index in [0.717, 1.165) is 0 Å². The van der Waals surface area contributed by atoms with Crippen LogP contribution in [0.1, 0.15) is 27.0 Å². The number of nitriles is 1. The fraction of sp³-hybridized carbons (Fsp3) is 0.222. The van der Waals surface area contributed by atoms with Crippen LogP contribution >= 0.6 is 0 Å². The van der Waals surface area contributed by atoms with Crippen molar-refractivity contribution >= 4 is 5.91 Å². The van der Waals surface area contributed by atoms with E-state index in [0.29, 0.717) is 29.0 Å². The van der Waals surface area contributed by atoms with Gasteiger partial charge in [0.2, 0.25) is 0 Å². The molecular weight excluding hydrogens is 349 g/mol. The summed E-state index contributed by atoms with van der Waals surface area (Å²) in [6.07, 6.45) is -4.75. The van der Waals surface area contributed by atoms with E-state index >= 15 is 0 Å². The number of nitrogens with zero attached hydrogens (tertiary/aromatic N) is 2.